The van der Waals surface area contributed by atoms with Crippen molar-refractivity contribution in [2.24, 2.45) is 0 Å². The number of amides is 1. The lowest BCUT2D eigenvalue weighted by Crippen LogP contribution is -2.40. The van der Waals surface area contributed by atoms with Gasteiger partial charge in [0, 0.05) is 18.2 Å². The molecule has 4 rings (SSSR count). The largest absolute Gasteiger partial charge is 0.497 e. The molecule has 0 spiro atoms. The standard InChI is InChI=1S/C23H27N3O4S/c1-28-16-8-9-20(29-2)17(13-16)19(26-10-4-3-5-11-26)15-24-23(27)18-14-21(30-25-18)22-7-6-12-31-22/h6-9,12-14,19H,3-5,10-11,15H2,1-2H3,(H,24,27). The Bertz CT molecular complexity index is 996. The van der Waals surface area contributed by atoms with E-state index in [1.807, 2.05) is 35.7 Å². The highest BCUT2D eigenvalue weighted by molar-refractivity contribution is 7.13. The van der Waals surface area contributed by atoms with E-state index in [9.17, 15) is 4.79 Å². The SMILES string of the molecule is COc1ccc(OC)c(C(CNC(=O)c2cc(-c3cccs3)on2)N2CCCCC2)c1. The van der Waals surface area contributed by atoms with E-state index in [4.69, 9.17) is 14.0 Å². The van der Waals surface area contributed by atoms with E-state index in [1.165, 1.54) is 6.42 Å². The van der Waals surface area contributed by atoms with E-state index >= 15 is 0 Å². The van der Waals surface area contributed by atoms with E-state index in [0.29, 0.717) is 12.3 Å². The van der Waals surface area contributed by atoms with Crippen LogP contribution in [-0.2, 0) is 0 Å². The van der Waals surface area contributed by atoms with Crippen LogP contribution < -0.4 is 14.8 Å². The highest BCUT2D eigenvalue weighted by Crippen LogP contribution is 2.34. The van der Waals surface area contributed by atoms with Gasteiger partial charge in [0.15, 0.2) is 11.5 Å². The third kappa shape index (κ3) is 4.91. The minimum Gasteiger partial charge on any atom is -0.497 e. The molecule has 164 valence electrons. The molecular weight excluding hydrogens is 414 g/mol. The molecule has 1 aromatic carbocycles. The molecule has 0 aliphatic carbocycles. The fourth-order valence-corrected chi connectivity index (χ4v) is 4.64. The summed E-state index contributed by atoms with van der Waals surface area (Å²) in [6.07, 6.45) is 3.52. The van der Waals surface area contributed by atoms with Crippen molar-refractivity contribution < 1.29 is 18.8 Å². The van der Waals surface area contributed by atoms with Gasteiger partial charge in [-0.15, -0.1) is 11.3 Å². The maximum atomic E-state index is 12.8. The fourth-order valence-electron chi connectivity index (χ4n) is 3.96. The van der Waals surface area contributed by atoms with Crippen molar-refractivity contribution in [3.8, 4) is 22.1 Å². The summed E-state index contributed by atoms with van der Waals surface area (Å²) in [7, 11) is 3.32. The number of benzene rings is 1. The number of nitrogens with one attached hydrogen (secondary N) is 1. The van der Waals surface area contributed by atoms with Crippen LogP contribution >= 0.6 is 11.3 Å². The summed E-state index contributed by atoms with van der Waals surface area (Å²) in [5, 5.41) is 8.96. The minimum absolute atomic E-state index is 0.0297. The summed E-state index contributed by atoms with van der Waals surface area (Å²) in [6, 6.07) is 11.3. The quantitative estimate of drug-likeness (QED) is 0.559. The lowest BCUT2D eigenvalue weighted by atomic mass is 10.00. The molecule has 1 aliphatic rings. The molecule has 1 atom stereocenters. The molecule has 0 saturated carbocycles. The van der Waals surface area contributed by atoms with E-state index in [2.05, 4.69) is 15.4 Å². The van der Waals surface area contributed by atoms with Gasteiger partial charge >= 0.3 is 0 Å². The first kappa shape index (κ1) is 21.4. The molecule has 7 nitrogen and oxygen atoms in total. The molecule has 1 unspecified atom stereocenters. The second kappa shape index (κ2) is 9.98. The lowest BCUT2D eigenvalue weighted by Gasteiger charge is -2.35. The fraction of sp³-hybridized carbons (Fsp3) is 0.391. The maximum Gasteiger partial charge on any atom is 0.273 e. The van der Waals surface area contributed by atoms with Crippen molar-refractivity contribution in [2.45, 2.75) is 25.3 Å². The third-order valence-electron chi connectivity index (χ3n) is 5.59. The van der Waals surface area contributed by atoms with Crippen molar-refractivity contribution in [2.75, 3.05) is 33.9 Å². The number of thiophene rings is 1. The molecule has 0 radical (unpaired) electrons. The number of likely N-dealkylation sites (tertiary alicyclic amines) is 1. The summed E-state index contributed by atoms with van der Waals surface area (Å²) in [4.78, 5) is 16.2. The van der Waals surface area contributed by atoms with Gasteiger partial charge in [-0.25, -0.2) is 0 Å². The Morgan fingerprint density at radius 2 is 2.03 bits per heavy atom. The number of carbonyl (C=O) groups is 1. The van der Waals surface area contributed by atoms with Crippen LogP contribution in [0, 0.1) is 0 Å². The molecule has 1 fully saturated rings. The number of hydrogen-bond donors (Lipinski definition) is 1. The molecule has 0 bridgehead atoms. The minimum atomic E-state index is -0.254. The Labute approximate surface area is 185 Å². The molecule has 1 amide bonds. The zero-order valence-corrected chi connectivity index (χ0v) is 18.6. The average molecular weight is 442 g/mol. The Kier molecular flexibility index (Phi) is 6.89. The maximum absolute atomic E-state index is 12.8. The predicted molar refractivity (Wildman–Crippen MR) is 120 cm³/mol. The van der Waals surface area contributed by atoms with Gasteiger partial charge in [-0.2, -0.15) is 0 Å². The van der Waals surface area contributed by atoms with Gasteiger partial charge in [0.2, 0.25) is 0 Å². The van der Waals surface area contributed by atoms with E-state index in [-0.39, 0.29) is 17.6 Å². The zero-order valence-electron chi connectivity index (χ0n) is 17.8. The Balaban J connectivity index is 1.53. The third-order valence-corrected chi connectivity index (χ3v) is 6.47. The van der Waals surface area contributed by atoms with Crippen LogP contribution in [0.3, 0.4) is 0 Å². The molecule has 31 heavy (non-hydrogen) atoms. The molecule has 2 aromatic heterocycles. The van der Waals surface area contributed by atoms with Crippen molar-refractivity contribution in [3.05, 3.63) is 53.0 Å². The van der Waals surface area contributed by atoms with Gasteiger partial charge in [-0.05, 0) is 55.6 Å². The summed E-state index contributed by atoms with van der Waals surface area (Å²) < 4.78 is 16.4. The van der Waals surface area contributed by atoms with Crippen LogP contribution in [-0.4, -0.2) is 49.8 Å². The van der Waals surface area contributed by atoms with Crippen LogP contribution in [0.5, 0.6) is 11.5 Å². The predicted octanol–water partition coefficient (Wildman–Crippen LogP) is 4.38. The molecule has 1 aliphatic heterocycles. The van der Waals surface area contributed by atoms with Gasteiger partial charge in [0.25, 0.3) is 5.91 Å². The molecular formula is C23H27N3O4S. The van der Waals surface area contributed by atoms with E-state index < -0.39 is 0 Å². The number of aromatic nitrogens is 1. The Morgan fingerprint density at radius 1 is 1.19 bits per heavy atom. The number of carbonyl (C=O) groups excluding carboxylic acids is 1. The second-order valence-corrected chi connectivity index (χ2v) is 8.43. The van der Waals surface area contributed by atoms with Gasteiger partial charge < -0.3 is 19.3 Å². The van der Waals surface area contributed by atoms with E-state index in [0.717, 1.165) is 47.9 Å². The number of nitrogens with zero attached hydrogens (tertiary/aromatic N) is 2. The van der Waals surface area contributed by atoms with Gasteiger partial charge in [0.05, 0.1) is 25.1 Å². The first-order valence-corrected chi connectivity index (χ1v) is 11.3. The number of methoxy groups -OCH3 is 2. The van der Waals surface area contributed by atoms with Crippen LogP contribution in [0.25, 0.3) is 10.6 Å². The monoisotopic (exact) mass is 441 g/mol. The van der Waals surface area contributed by atoms with Crippen LogP contribution in [0.2, 0.25) is 0 Å². The van der Waals surface area contributed by atoms with Crippen molar-refractivity contribution in [3.63, 3.8) is 0 Å². The number of piperidine rings is 1. The zero-order chi connectivity index (χ0) is 21.6. The number of hydrogen-bond acceptors (Lipinski definition) is 7. The van der Waals surface area contributed by atoms with Gasteiger partial charge in [0.1, 0.15) is 11.5 Å². The van der Waals surface area contributed by atoms with E-state index in [1.54, 1.807) is 31.6 Å². The average Bonchev–Trinajstić information content (AvgIpc) is 3.52. The highest BCUT2D eigenvalue weighted by Gasteiger charge is 2.27. The molecule has 3 heterocycles. The van der Waals surface area contributed by atoms with Crippen molar-refractivity contribution in [1.29, 1.82) is 0 Å². The first-order chi connectivity index (χ1) is 15.2. The van der Waals surface area contributed by atoms with Crippen molar-refractivity contribution in [1.82, 2.24) is 15.4 Å². The lowest BCUT2D eigenvalue weighted by molar-refractivity contribution is 0.0914. The Morgan fingerprint density at radius 3 is 2.74 bits per heavy atom. The van der Waals surface area contributed by atoms with Crippen LogP contribution in [0.4, 0.5) is 0 Å². The molecule has 1 N–H and O–H groups in total. The summed E-state index contributed by atoms with van der Waals surface area (Å²) in [5.74, 6) is 1.89. The molecule has 1 saturated heterocycles. The summed E-state index contributed by atoms with van der Waals surface area (Å²) in [6.45, 7) is 2.39. The van der Waals surface area contributed by atoms with Gasteiger partial charge in [-0.3, -0.25) is 9.69 Å². The first-order valence-electron chi connectivity index (χ1n) is 10.4. The number of rotatable bonds is 8. The topological polar surface area (TPSA) is 76.8 Å². The smallest absolute Gasteiger partial charge is 0.273 e. The Hall–Kier alpha value is -2.84. The second-order valence-electron chi connectivity index (χ2n) is 7.48. The molecule has 3 aromatic rings. The molecule has 8 heteroatoms. The number of ether oxygens (including phenoxy) is 2. The summed E-state index contributed by atoms with van der Waals surface area (Å²) in [5.41, 5.74) is 1.28. The van der Waals surface area contributed by atoms with Crippen LogP contribution in [0.1, 0.15) is 41.4 Å². The van der Waals surface area contributed by atoms with Crippen molar-refractivity contribution >= 4 is 17.2 Å². The van der Waals surface area contributed by atoms with Gasteiger partial charge in [-0.1, -0.05) is 17.6 Å². The van der Waals surface area contributed by atoms with Crippen LogP contribution in [0.15, 0.2) is 46.3 Å². The summed E-state index contributed by atoms with van der Waals surface area (Å²) >= 11 is 1.55. The highest BCUT2D eigenvalue weighted by atomic mass is 32.1. The normalized spacial score (nSPS) is 15.4.